The fourth-order valence-electron chi connectivity index (χ4n) is 1.98. The van der Waals surface area contributed by atoms with Crippen molar-refractivity contribution < 1.29 is 0 Å². The Morgan fingerprint density at radius 2 is 0.833 bits per heavy atom. The molecule has 0 fully saturated rings. The quantitative estimate of drug-likeness (QED) is 0.320. The number of nitrogen functional groups attached to an aromatic ring is 4. The predicted octanol–water partition coefficient (Wildman–Crippen LogP) is -0.530. The summed E-state index contributed by atoms with van der Waals surface area (Å²) < 4.78 is 0. The fourth-order valence-corrected chi connectivity index (χ4v) is 1.98. The molecule has 0 radical (unpaired) electrons. The van der Waals surface area contributed by atoms with Gasteiger partial charge in [-0.05, 0) is 12.8 Å². The zero-order valence-corrected chi connectivity index (χ0v) is 13.2. The Kier molecular flexibility index (Phi) is 6.05. The van der Waals surface area contributed by atoms with Crippen LogP contribution in [0.2, 0.25) is 0 Å². The molecule has 2 aromatic rings. The molecule has 12 heteroatoms. The summed E-state index contributed by atoms with van der Waals surface area (Å²) in [6.45, 7) is 1.47. The van der Waals surface area contributed by atoms with E-state index in [9.17, 15) is 0 Å². The topological polar surface area (TPSA) is 205 Å². The van der Waals surface area contributed by atoms with Crippen molar-refractivity contribution in [2.75, 3.05) is 46.7 Å². The lowest BCUT2D eigenvalue weighted by molar-refractivity contribution is 0.667. The highest BCUT2D eigenvalue weighted by molar-refractivity contribution is 5.37. The van der Waals surface area contributed by atoms with E-state index >= 15 is 0 Å². The summed E-state index contributed by atoms with van der Waals surface area (Å²) in [6, 6.07) is 0. The number of hydrogen-bond acceptors (Lipinski definition) is 12. The van der Waals surface area contributed by atoms with E-state index in [1.165, 1.54) is 0 Å². The van der Waals surface area contributed by atoms with E-state index in [1.807, 2.05) is 0 Å². The molecule has 24 heavy (non-hydrogen) atoms. The van der Waals surface area contributed by atoms with Crippen molar-refractivity contribution in [2.45, 2.75) is 25.7 Å². The lowest BCUT2D eigenvalue weighted by Crippen LogP contribution is -2.11. The van der Waals surface area contributed by atoms with Crippen LogP contribution in [0, 0.1) is 0 Å². The summed E-state index contributed by atoms with van der Waals surface area (Å²) in [5.41, 5.74) is 22.0. The van der Waals surface area contributed by atoms with Gasteiger partial charge in [0.2, 0.25) is 35.7 Å². The average molecular weight is 334 g/mol. The Bertz CT molecular complexity index is 562. The molecule has 2 aromatic heterocycles. The van der Waals surface area contributed by atoms with Gasteiger partial charge >= 0.3 is 0 Å². The molecule has 2 rings (SSSR count). The van der Waals surface area contributed by atoms with Crippen LogP contribution in [-0.2, 0) is 0 Å². The highest BCUT2D eigenvalue weighted by Crippen LogP contribution is 2.06. The summed E-state index contributed by atoms with van der Waals surface area (Å²) in [6.07, 6.45) is 4.03. The van der Waals surface area contributed by atoms with Crippen LogP contribution in [0.15, 0.2) is 0 Å². The van der Waals surface area contributed by atoms with Crippen molar-refractivity contribution in [1.29, 1.82) is 0 Å². The molecule has 0 atom stereocenters. The molecule has 10 N–H and O–H groups in total. The number of nitrogens with zero attached hydrogens (tertiary/aromatic N) is 6. The van der Waals surface area contributed by atoms with Gasteiger partial charge in [0.15, 0.2) is 0 Å². The molecule has 0 spiro atoms. The van der Waals surface area contributed by atoms with Crippen LogP contribution >= 0.6 is 0 Å². The van der Waals surface area contributed by atoms with Gasteiger partial charge < -0.3 is 33.6 Å². The molecule has 0 amide bonds. The lowest BCUT2D eigenvalue weighted by atomic mass is 10.2. The van der Waals surface area contributed by atoms with Crippen molar-refractivity contribution >= 4 is 35.7 Å². The highest BCUT2D eigenvalue weighted by atomic mass is 15.2. The SMILES string of the molecule is Nc1nc(N)nc(NCCCCCCNc2nc(N)nc(N)n2)n1. The van der Waals surface area contributed by atoms with Gasteiger partial charge in [-0.2, -0.15) is 29.9 Å². The summed E-state index contributed by atoms with van der Waals surface area (Å²) in [4.78, 5) is 23.2. The molecule has 0 saturated carbocycles. The van der Waals surface area contributed by atoms with Gasteiger partial charge in [-0.1, -0.05) is 12.8 Å². The standard InChI is InChI=1S/C12H22N12/c13-7-19-8(14)22-11(21-7)17-5-3-1-2-4-6-18-12-23-9(15)20-10(16)24-12/h1-6H2,(H5,13,14,17,19,21,22)(H5,15,16,18,20,23,24). The minimum absolute atomic E-state index is 0.107. The summed E-state index contributed by atoms with van der Waals surface area (Å²) in [7, 11) is 0. The van der Waals surface area contributed by atoms with Crippen LogP contribution in [0.5, 0.6) is 0 Å². The first kappa shape index (κ1) is 17.2. The van der Waals surface area contributed by atoms with Crippen LogP contribution in [0.4, 0.5) is 35.7 Å². The molecular weight excluding hydrogens is 312 g/mol. The van der Waals surface area contributed by atoms with Crippen LogP contribution in [-0.4, -0.2) is 43.0 Å². The van der Waals surface area contributed by atoms with Crippen molar-refractivity contribution in [3.8, 4) is 0 Å². The van der Waals surface area contributed by atoms with E-state index in [-0.39, 0.29) is 23.8 Å². The van der Waals surface area contributed by atoms with E-state index in [4.69, 9.17) is 22.9 Å². The number of rotatable bonds is 9. The predicted molar refractivity (Wildman–Crippen MR) is 92.8 cm³/mol. The molecule has 12 nitrogen and oxygen atoms in total. The second kappa shape index (κ2) is 8.45. The molecule has 0 aliphatic carbocycles. The zero-order valence-electron chi connectivity index (χ0n) is 13.2. The number of unbranched alkanes of at least 4 members (excludes halogenated alkanes) is 3. The minimum Gasteiger partial charge on any atom is -0.368 e. The van der Waals surface area contributed by atoms with Crippen LogP contribution in [0.25, 0.3) is 0 Å². The summed E-state index contributed by atoms with van der Waals surface area (Å²) in [5, 5.41) is 6.13. The Morgan fingerprint density at radius 3 is 1.17 bits per heavy atom. The van der Waals surface area contributed by atoms with Gasteiger partial charge in [0.05, 0.1) is 0 Å². The zero-order chi connectivity index (χ0) is 17.4. The molecule has 0 aromatic carbocycles. The minimum atomic E-state index is 0.107. The maximum atomic E-state index is 5.49. The third kappa shape index (κ3) is 5.90. The Labute approximate surface area is 138 Å². The molecule has 130 valence electrons. The van der Waals surface area contributed by atoms with Gasteiger partial charge in [0.1, 0.15) is 0 Å². The fraction of sp³-hybridized carbons (Fsp3) is 0.500. The van der Waals surface area contributed by atoms with E-state index in [1.54, 1.807) is 0 Å². The smallest absolute Gasteiger partial charge is 0.229 e. The molecule has 0 aliphatic rings. The molecule has 0 bridgehead atoms. The molecule has 2 heterocycles. The van der Waals surface area contributed by atoms with Crippen molar-refractivity contribution in [3.05, 3.63) is 0 Å². The monoisotopic (exact) mass is 334 g/mol. The van der Waals surface area contributed by atoms with Crippen LogP contribution in [0.3, 0.4) is 0 Å². The molecular formula is C12H22N12. The average Bonchev–Trinajstić information content (AvgIpc) is 2.48. The largest absolute Gasteiger partial charge is 0.368 e. The third-order valence-electron chi connectivity index (χ3n) is 3.01. The van der Waals surface area contributed by atoms with E-state index in [0.29, 0.717) is 11.9 Å². The second-order valence-corrected chi connectivity index (χ2v) is 5.02. The molecule has 0 unspecified atom stereocenters. The van der Waals surface area contributed by atoms with Crippen molar-refractivity contribution in [1.82, 2.24) is 29.9 Å². The van der Waals surface area contributed by atoms with Gasteiger partial charge in [-0.15, -0.1) is 0 Å². The van der Waals surface area contributed by atoms with Gasteiger partial charge in [0.25, 0.3) is 0 Å². The molecule has 0 aliphatic heterocycles. The summed E-state index contributed by atoms with van der Waals surface area (Å²) >= 11 is 0. The Hall–Kier alpha value is -3.18. The number of anilines is 6. The Morgan fingerprint density at radius 1 is 0.500 bits per heavy atom. The second-order valence-electron chi connectivity index (χ2n) is 5.02. The van der Waals surface area contributed by atoms with E-state index in [2.05, 4.69) is 40.5 Å². The van der Waals surface area contributed by atoms with E-state index < -0.39 is 0 Å². The van der Waals surface area contributed by atoms with E-state index in [0.717, 1.165) is 38.8 Å². The first-order valence-electron chi connectivity index (χ1n) is 7.55. The first-order valence-corrected chi connectivity index (χ1v) is 7.55. The lowest BCUT2D eigenvalue weighted by Gasteiger charge is -2.07. The third-order valence-corrected chi connectivity index (χ3v) is 3.01. The Balaban J connectivity index is 1.55. The van der Waals surface area contributed by atoms with Crippen LogP contribution < -0.4 is 33.6 Å². The highest BCUT2D eigenvalue weighted by Gasteiger charge is 2.02. The van der Waals surface area contributed by atoms with Gasteiger partial charge in [-0.25, -0.2) is 0 Å². The number of nitrogens with two attached hydrogens (primary N) is 4. The van der Waals surface area contributed by atoms with Gasteiger partial charge in [0, 0.05) is 13.1 Å². The summed E-state index contributed by atoms with van der Waals surface area (Å²) in [5.74, 6) is 1.22. The number of hydrogen-bond donors (Lipinski definition) is 6. The van der Waals surface area contributed by atoms with Crippen molar-refractivity contribution in [2.24, 2.45) is 0 Å². The maximum Gasteiger partial charge on any atom is 0.229 e. The molecule has 0 saturated heterocycles. The first-order chi connectivity index (χ1) is 11.5. The maximum absolute atomic E-state index is 5.49. The van der Waals surface area contributed by atoms with Gasteiger partial charge in [-0.3, -0.25) is 0 Å². The van der Waals surface area contributed by atoms with Crippen LogP contribution in [0.1, 0.15) is 25.7 Å². The number of nitrogens with one attached hydrogen (secondary N) is 2. The van der Waals surface area contributed by atoms with Crippen molar-refractivity contribution in [3.63, 3.8) is 0 Å². The number of aromatic nitrogens is 6. The normalized spacial score (nSPS) is 10.5.